The van der Waals surface area contributed by atoms with E-state index >= 15 is 0 Å². The number of nitriles is 1. The normalized spacial score (nSPS) is 14.6. The summed E-state index contributed by atoms with van der Waals surface area (Å²) in [6.07, 6.45) is -11.0. The van der Waals surface area contributed by atoms with E-state index in [0.717, 1.165) is 12.1 Å². The SMILES string of the molecule is N#Cc1ccccc1C(O)CC(F)(F)C(F)(F)C(F)(F)F. The summed E-state index contributed by atoms with van der Waals surface area (Å²) < 4.78 is 87.6. The number of aliphatic hydroxyl groups is 1. The maximum atomic E-state index is 13.2. The monoisotopic (exact) mass is 315 g/mol. The fourth-order valence-electron chi connectivity index (χ4n) is 1.58. The summed E-state index contributed by atoms with van der Waals surface area (Å²) in [6, 6.07) is 6.16. The average Bonchev–Trinajstić information content (AvgIpc) is 2.36. The first-order valence-corrected chi connectivity index (χ1v) is 5.43. The van der Waals surface area contributed by atoms with Gasteiger partial charge in [0, 0.05) is 6.42 Å². The number of alkyl halides is 7. The lowest BCUT2D eigenvalue weighted by molar-refractivity contribution is -0.358. The molecule has 0 amide bonds. The summed E-state index contributed by atoms with van der Waals surface area (Å²) in [5, 5.41) is 18.1. The van der Waals surface area contributed by atoms with Crippen molar-refractivity contribution in [2.45, 2.75) is 30.5 Å². The highest BCUT2D eigenvalue weighted by Gasteiger charge is 2.72. The van der Waals surface area contributed by atoms with Gasteiger partial charge in [-0.2, -0.15) is 36.0 Å². The molecule has 0 saturated carbocycles. The van der Waals surface area contributed by atoms with Gasteiger partial charge in [0.2, 0.25) is 0 Å². The predicted octanol–water partition coefficient (Wildman–Crippen LogP) is 3.81. The highest BCUT2D eigenvalue weighted by atomic mass is 19.4. The lowest BCUT2D eigenvalue weighted by Gasteiger charge is -2.29. The maximum Gasteiger partial charge on any atom is 0.459 e. The minimum atomic E-state index is -6.45. The van der Waals surface area contributed by atoms with Crippen molar-refractivity contribution >= 4 is 0 Å². The third-order valence-electron chi connectivity index (χ3n) is 2.71. The van der Waals surface area contributed by atoms with Crippen LogP contribution in [0.5, 0.6) is 0 Å². The van der Waals surface area contributed by atoms with E-state index in [2.05, 4.69) is 0 Å². The molecule has 21 heavy (non-hydrogen) atoms. The van der Waals surface area contributed by atoms with E-state index in [1.165, 1.54) is 18.2 Å². The van der Waals surface area contributed by atoms with Crippen molar-refractivity contribution < 1.29 is 35.8 Å². The summed E-state index contributed by atoms with van der Waals surface area (Å²) in [5.74, 6) is -11.8. The van der Waals surface area contributed by atoms with E-state index in [-0.39, 0.29) is 5.56 Å². The first-order chi connectivity index (χ1) is 9.44. The number of hydrogen-bond donors (Lipinski definition) is 1. The molecule has 0 saturated heterocycles. The van der Waals surface area contributed by atoms with Crippen LogP contribution in [0.1, 0.15) is 23.7 Å². The van der Waals surface area contributed by atoms with Gasteiger partial charge in [0.25, 0.3) is 0 Å². The van der Waals surface area contributed by atoms with Crippen LogP contribution in [0.15, 0.2) is 24.3 Å². The Kier molecular flexibility index (Phi) is 4.53. The zero-order valence-corrected chi connectivity index (χ0v) is 10.1. The van der Waals surface area contributed by atoms with Crippen molar-refractivity contribution in [3.63, 3.8) is 0 Å². The van der Waals surface area contributed by atoms with E-state index in [0.29, 0.717) is 0 Å². The van der Waals surface area contributed by atoms with E-state index in [9.17, 15) is 35.8 Å². The number of benzene rings is 1. The van der Waals surface area contributed by atoms with Gasteiger partial charge >= 0.3 is 18.0 Å². The molecule has 2 nitrogen and oxygen atoms in total. The van der Waals surface area contributed by atoms with Crippen molar-refractivity contribution in [3.8, 4) is 6.07 Å². The molecule has 0 aliphatic heterocycles. The minimum Gasteiger partial charge on any atom is -0.388 e. The zero-order valence-electron chi connectivity index (χ0n) is 10.1. The topological polar surface area (TPSA) is 44.0 Å². The molecule has 1 aromatic carbocycles. The van der Waals surface area contributed by atoms with Gasteiger partial charge in [-0.25, -0.2) is 0 Å². The molecule has 0 fully saturated rings. The van der Waals surface area contributed by atoms with Crippen molar-refractivity contribution in [1.29, 1.82) is 5.26 Å². The number of hydrogen-bond acceptors (Lipinski definition) is 2. The maximum absolute atomic E-state index is 13.2. The van der Waals surface area contributed by atoms with Gasteiger partial charge in [0.1, 0.15) is 0 Å². The lowest BCUT2D eigenvalue weighted by atomic mass is 9.96. The number of aliphatic hydroxyl groups excluding tert-OH is 1. The molecular weight excluding hydrogens is 307 g/mol. The fraction of sp³-hybridized carbons (Fsp3) is 0.417. The van der Waals surface area contributed by atoms with Gasteiger partial charge in [0.15, 0.2) is 0 Å². The third kappa shape index (κ3) is 3.26. The van der Waals surface area contributed by atoms with Crippen LogP contribution in [-0.4, -0.2) is 23.1 Å². The minimum absolute atomic E-state index is 0.295. The second-order valence-corrected chi connectivity index (χ2v) is 4.20. The molecule has 116 valence electrons. The third-order valence-corrected chi connectivity index (χ3v) is 2.71. The molecular formula is C12H8F7NO. The van der Waals surface area contributed by atoms with Crippen LogP contribution in [-0.2, 0) is 0 Å². The van der Waals surface area contributed by atoms with Gasteiger partial charge in [-0.1, -0.05) is 18.2 Å². The largest absolute Gasteiger partial charge is 0.459 e. The first kappa shape index (κ1) is 17.2. The highest BCUT2D eigenvalue weighted by Crippen LogP contribution is 2.49. The van der Waals surface area contributed by atoms with Crippen LogP contribution in [0, 0.1) is 11.3 Å². The molecule has 0 aliphatic carbocycles. The van der Waals surface area contributed by atoms with Crippen molar-refractivity contribution in [2.24, 2.45) is 0 Å². The molecule has 1 rings (SSSR count). The smallest absolute Gasteiger partial charge is 0.388 e. The summed E-state index contributed by atoms with van der Waals surface area (Å²) in [4.78, 5) is 0. The molecule has 9 heteroatoms. The van der Waals surface area contributed by atoms with Crippen molar-refractivity contribution in [3.05, 3.63) is 35.4 Å². The lowest BCUT2D eigenvalue weighted by Crippen LogP contribution is -2.52. The number of halogens is 7. The number of nitrogens with zero attached hydrogens (tertiary/aromatic N) is 1. The molecule has 0 heterocycles. The van der Waals surface area contributed by atoms with Gasteiger partial charge in [-0.05, 0) is 11.6 Å². The summed E-state index contributed by atoms with van der Waals surface area (Å²) in [7, 11) is 0. The Bertz CT molecular complexity index is 547. The Hall–Kier alpha value is -1.82. The summed E-state index contributed by atoms with van der Waals surface area (Å²) in [5.41, 5.74) is -0.742. The molecule has 0 bridgehead atoms. The molecule has 1 unspecified atom stereocenters. The molecule has 1 atom stereocenters. The van der Waals surface area contributed by atoms with Gasteiger partial charge in [0.05, 0.1) is 17.7 Å². The Morgan fingerprint density at radius 3 is 2.05 bits per heavy atom. The van der Waals surface area contributed by atoms with Crippen LogP contribution in [0.2, 0.25) is 0 Å². The van der Waals surface area contributed by atoms with Crippen LogP contribution in [0.25, 0.3) is 0 Å². The predicted molar refractivity (Wildman–Crippen MR) is 56.7 cm³/mol. The van der Waals surface area contributed by atoms with Crippen molar-refractivity contribution in [1.82, 2.24) is 0 Å². The highest BCUT2D eigenvalue weighted by molar-refractivity contribution is 5.38. The molecule has 0 radical (unpaired) electrons. The van der Waals surface area contributed by atoms with Crippen molar-refractivity contribution in [2.75, 3.05) is 0 Å². The Balaban J connectivity index is 3.07. The van der Waals surface area contributed by atoms with E-state index in [4.69, 9.17) is 5.26 Å². The molecule has 1 N–H and O–H groups in total. The van der Waals surface area contributed by atoms with Crippen LogP contribution >= 0.6 is 0 Å². The molecule has 1 aromatic rings. The number of rotatable bonds is 4. The Morgan fingerprint density at radius 2 is 1.57 bits per heavy atom. The van der Waals surface area contributed by atoms with Crippen LogP contribution in [0.3, 0.4) is 0 Å². The quantitative estimate of drug-likeness (QED) is 0.859. The first-order valence-electron chi connectivity index (χ1n) is 5.43. The van der Waals surface area contributed by atoms with Gasteiger partial charge in [-0.3, -0.25) is 0 Å². The Morgan fingerprint density at radius 1 is 1.05 bits per heavy atom. The van der Waals surface area contributed by atoms with E-state index < -0.39 is 36.1 Å². The Labute approximate surface area is 114 Å². The summed E-state index contributed by atoms with van der Waals surface area (Å²) in [6.45, 7) is 0. The standard InChI is InChI=1S/C12H8F7NO/c13-10(14,11(15,16)12(17,18)19)5-9(21)8-4-2-1-3-7(8)6-20/h1-4,9,21H,5H2. The zero-order chi connectivity index (χ0) is 16.5. The molecule has 0 spiro atoms. The summed E-state index contributed by atoms with van der Waals surface area (Å²) >= 11 is 0. The molecule has 0 aromatic heterocycles. The van der Waals surface area contributed by atoms with Gasteiger partial charge < -0.3 is 5.11 Å². The average molecular weight is 315 g/mol. The van der Waals surface area contributed by atoms with E-state index in [1.807, 2.05) is 0 Å². The van der Waals surface area contributed by atoms with E-state index in [1.54, 1.807) is 0 Å². The van der Waals surface area contributed by atoms with Gasteiger partial charge in [-0.15, -0.1) is 0 Å². The van der Waals surface area contributed by atoms with Crippen LogP contribution < -0.4 is 0 Å². The second-order valence-electron chi connectivity index (χ2n) is 4.20. The second kappa shape index (κ2) is 5.52. The fourth-order valence-corrected chi connectivity index (χ4v) is 1.58. The van der Waals surface area contributed by atoms with Crippen LogP contribution in [0.4, 0.5) is 30.7 Å². The molecule has 0 aliphatic rings.